The van der Waals surface area contributed by atoms with Crippen LogP contribution in [-0.2, 0) is 94.3 Å². The Kier molecular flexibility index (Phi) is 43.8. The molecule has 25 N–H and O–H groups in total. The first-order valence-corrected chi connectivity index (χ1v) is 37.9. The van der Waals surface area contributed by atoms with E-state index in [1.54, 1.807) is 130 Å². The number of aliphatic hydroxyl groups excluding tert-OH is 2. The summed E-state index contributed by atoms with van der Waals surface area (Å²) in [5.74, 6) is -18.4. The van der Waals surface area contributed by atoms with Crippen LogP contribution in [0.1, 0.15) is 152 Å². The number of carbonyl (C=O) groups excluding carboxylic acids is 16. The largest absolute Gasteiger partial charge is 0.480 e. The lowest BCUT2D eigenvalue weighted by atomic mass is 9.97. The van der Waals surface area contributed by atoms with Gasteiger partial charge in [0, 0.05) is 25.7 Å². The summed E-state index contributed by atoms with van der Waals surface area (Å²) in [6.07, 6.45) is -0.539. The average molecular weight is 1590 g/mol. The quantitative estimate of drug-likeness (QED) is 0.0276. The number of rotatable bonds is 52. The van der Waals surface area contributed by atoms with Crippen molar-refractivity contribution in [2.75, 3.05) is 26.3 Å². The third-order valence-electron chi connectivity index (χ3n) is 18.2. The topological polar surface area (TPSA) is 623 Å². The van der Waals surface area contributed by atoms with Crippen molar-refractivity contribution >= 4 is 100 Å². The third-order valence-corrected chi connectivity index (χ3v) is 18.2. The minimum absolute atomic E-state index is 0.00465. The van der Waals surface area contributed by atoms with Crippen LogP contribution in [0.3, 0.4) is 0 Å². The third kappa shape index (κ3) is 35.7. The van der Waals surface area contributed by atoms with Crippen molar-refractivity contribution in [1.29, 1.82) is 0 Å². The number of nitrogens with two attached hydrogens (primary N) is 4. The van der Waals surface area contributed by atoms with Gasteiger partial charge in [0.05, 0.1) is 25.8 Å². The molecule has 2 rings (SSSR count). The number of amides is 16. The van der Waals surface area contributed by atoms with Gasteiger partial charge in [-0.05, 0) is 99.6 Å². The second-order valence-corrected chi connectivity index (χ2v) is 29.3. The molecule has 0 aromatic heterocycles. The molecule has 0 aliphatic rings. The van der Waals surface area contributed by atoms with Gasteiger partial charge in [0.25, 0.3) is 0 Å². The normalized spacial score (nSPS) is 15.2. The number of aliphatic hydroxyl groups is 2. The van der Waals surface area contributed by atoms with E-state index < -0.39 is 235 Å². The van der Waals surface area contributed by atoms with Gasteiger partial charge in [0.2, 0.25) is 94.5 Å². The molecule has 0 saturated carbocycles. The SMILES string of the molecule is CC[C@H](C)[C@H](NC(=O)[C@H](CO)NC(=O)[C@H](CCC(N)=O)NC(=O)[C@@H](N)CCC(N)=O)C(=O)N[C@@H](C)C(=O)N[C@H](C(=O)N[C@@H](CCCCN)C(=O)N[C@@H](Cc1ccccc1)C(=O)N[C@@H](CC(C)C)C(=O)N[C@@H](C)C(=O)N[C@H](C(=O)N[C@@H](Cc1ccccc1)C(=O)NCC(=O)N[C@H](C(=O)N[C@@H](CO)C(=O)O)C(C)C)C(C)C)C(C)C. The fourth-order valence-corrected chi connectivity index (χ4v) is 11.2. The molecule has 0 aliphatic carbocycles. The van der Waals surface area contributed by atoms with Crippen LogP contribution in [-0.4, -0.2) is 227 Å². The lowest BCUT2D eigenvalue weighted by Crippen LogP contribution is -2.62. The molecular weight excluding hydrogens is 1470 g/mol. The summed E-state index contributed by atoms with van der Waals surface area (Å²) < 4.78 is 0. The first kappa shape index (κ1) is 98.3. The molecule has 2 aromatic carbocycles. The number of hydrogen-bond donors (Lipinski definition) is 21. The van der Waals surface area contributed by atoms with Crippen LogP contribution in [0.5, 0.6) is 0 Å². The van der Waals surface area contributed by atoms with Crippen molar-refractivity contribution in [2.24, 2.45) is 52.5 Å². The van der Waals surface area contributed by atoms with E-state index >= 15 is 0 Å². The van der Waals surface area contributed by atoms with Gasteiger partial charge in [0.1, 0.15) is 78.5 Å². The summed E-state index contributed by atoms with van der Waals surface area (Å²) in [5, 5.41) is 64.4. The van der Waals surface area contributed by atoms with Crippen molar-refractivity contribution in [3.05, 3.63) is 71.8 Å². The molecule has 0 unspecified atom stereocenters. The molecule has 38 heteroatoms. The van der Waals surface area contributed by atoms with E-state index in [0.717, 1.165) is 0 Å². The van der Waals surface area contributed by atoms with E-state index in [-0.39, 0.29) is 70.3 Å². The lowest BCUT2D eigenvalue weighted by Gasteiger charge is -2.29. The molecule has 0 heterocycles. The molecule has 15 atom stereocenters. The number of benzene rings is 2. The molecule has 0 aliphatic heterocycles. The maximum absolute atomic E-state index is 14.7. The Hall–Kier alpha value is -10.7. The number of carbonyl (C=O) groups is 17. The molecule has 16 amide bonds. The Bertz CT molecular complexity index is 3530. The van der Waals surface area contributed by atoms with Crippen molar-refractivity contribution in [3.63, 3.8) is 0 Å². The first-order valence-electron chi connectivity index (χ1n) is 37.9. The monoisotopic (exact) mass is 1590 g/mol. The van der Waals surface area contributed by atoms with Gasteiger partial charge in [-0.2, -0.15) is 0 Å². The highest BCUT2D eigenvalue weighted by Gasteiger charge is 2.39. The number of hydrogen-bond acceptors (Lipinski definition) is 21. The van der Waals surface area contributed by atoms with Crippen LogP contribution in [0.15, 0.2) is 60.7 Å². The predicted molar refractivity (Wildman–Crippen MR) is 413 cm³/mol. The van der Waals surface area contributed by atoms with Crippen molar-refractivity contribution in [3.8, 4) is 0 Å². The number of carboxylic acid groups (broad SMARTS) is 1. The number of primary amides is 2. The van der Waals surface area contributed by atoms with Gasteiger partial charge in [-0.15, -0.1) is 0 Å². The molecule has 2 aromatic rings. The first-order chi connectivity index (χ1) is 53.1. The molecule has 38 nitrogen and oxygen atoms in total. The Labute approximate surface area is 658 Å². The summed E-state index contributed by atoms with van der Waals surface area (Å²) in [5.41, 5.74) is 23.3. The van der Waals surface area contributed by atoms with Crippen molar-refractivity contribution < 1.29 is 96.8 Å². The summed E-state index contributed by atoms with van der Waals surface area (Å²) in [6, 6.07) is -2.91. The second-order valence-electron chi connectivity index (χ2n) is 29.3. The maximum atomic E-state index is 14.7. The molecule has 0 bridgehead atoms. The van der Waals surface area contributed by atoms with E-state index in [9.17, 15) is 96.8 Å². The van der Waals surface area contributed by atoms with Crippen LogP contribution in [0.2, 0.25) is 0 Å². The Morgan fingerprint density at radius 1 is 0.381 bits per heavy atom. The van der Waals surface area contributed by atoms with Gasteiger partial charge in [-0.1, -0.05) is 136 Å². The minimum Gasteiger partial charge on any atom is -0.480 e. The zero-order valence-electron chi connectivity index (χ0n) is 66.4. The molecule has 0 radical (unpaired) electrons. The standard InChI is InChI=1S/C75H120N18O20/c1-13-42(10)61(93-70(107)53(36-94)88-67(104)49(28-30-56(79)97)83-64(101)47(77)27-29-55(78)96)74(111)82-44(12)63(100)91-59(40(6)7)72(109)84-48(26-20-21-31-76)66(103)86-52(34-46-24-18-15-19-25-46)69(106)85-50(32-38(2)3)68(105)81-43(11)62(99)92-60(41(8)9)73(110)87-51(33-45-22-16-14-17-23-45)65(102)80-35-57(98)90-58(39(4)5)71(108)89-54(37-95)75(112)113/h14-19,22-25,38-44,47-54,58-61,94-95H,13,20-21,26-37,76-77H2,1-12H3,(H2,78,96)(H2,79,97)(H,80,102)(H,81,105)(H,82,111)(H,83,101)(H,84,109)(H,85,106)(H,86,103)(H,87,110)(H,88,104)(H,89,108)(H,90,98)(H,91,100)(H,92,99)(H,93,107)(H,112,113)/t42-,43-,44-,47-,48-,49-,50-,51-,52-,53-,54-,58-,59-,60-,61-/m0/s1. The van der Waals surface area contributed by atoms with Crippen LogP contribution >= 0.6 is 0 Å². The number of aliphatic carboxylic acids is 1. The fraction of sp³-hybridized carbons (Fsp3) is 0.613. The van der Waals surface area contributed by atoms with Crippen molar-refractivity contribution in [1.82, 2.24) is 74.4 Å². The second kappa shape index (κ2) is 50.3. The van der Waals surface area contributed by atoms with Gasteiger partial charge in [-0.25, -0.2) is 4.79 Å². The van der Waals surface area contributed by atoms with Crippen LogP contribution in [0.25, 0.3) is 0 Å². The number of nitrogens with one attached hydrogen (secondary N) is 14. The van der Waals surface area contributed by atoms with E-state index in [2.05, 4.69) is 74.4 Å². The molecule has 630 valence electrons. The summed E-state index contributed by atoms with van der Waals surface area (Å²) in [7, 11) is 0. The van der Waals surface area contributed by atoms with Gasteiger partial charge in [-0.3, -0.25) is 76.7 Å². The van der Waals surface area contributed by atoms with Gasteiger partial charge < -0.3 is 113 Å². The average Bonchev–Trinajstić information content (AvgIpc) is 0.850. The van der Waals surface area contributed by atoms with Gasteiger partial charge >= 0.3 is 5.97 Å². The zero-order valence-corrected chi connectivity index (χ0v) is 66.4. The molecule has 0 fully saturated rings. The number of carboxylic acids is 1. The van der Waals surface area contributed by atoms with Crippen LogP contribution in [0.4, 0.5) is 0 Å². The van der Waals surface area contributed by atoms with Gasteiger partial charge in [0.15, 0.2) is 0 Å². The smallest absolute Gasteiger partial charge is 0.328 e. The molecule has 113 heavy (non-hydrogen) atoms. The Balaban J connectivity index is 2.38. The molecular formula is C75H120N18O20. The van der Waals surface area contributed by atoms with Crippen molar-refractivity contribution in [2.45, 2.75) is 238 Å². The van der Waals surface area contributed by atoms with E-state index in [1.165, 1.54) is 13.8 Å². The highest BCUT2D eigenvalue weighted by molar-refractivity contribution is 6.00. The van der Waals surface area contributed by atoms with E-state index in [4.69, 9.17) is 22.9 Å². The zero-order chi connectivity index (χ0) is 85.5. The fourth-order valence-electron chi connectivity index (χ4n) is 11.2. The number of unbranched alkanes of at least 4 members (excludes halogenated alkanes) is 1. The highest BCUT2D eigenvalue weighted by atomic mass is 16.4. The Morgan fingerprint density at radius 2 is 0.743 bits per heavy atom. The minimum atomic E-state index is -1.75. The van der Waals surface area contributed by atoms with E-state index in [0.29, 0.717) is 17.5 Å². The highest BCUT2D eigenvalue weighted by Crippen LogP contribution is 2.15. The maximum Gasteiger partial charge on any atom is 0.328 e. The van der Waals surface area contributed by atoms with Crippen LogP contribution in [0, 0.1) is 29.6 Å². The summed E-state index contributed by atoms with van der Waals surface area (Å²) >= 11 is 0. The predicted octanol–water partition coefficient (Wildman–Crippen LogP) is -4.95. The summed E-state index contributed by atoms with van der Waals surface area (Å²) in [6.45, 7) is 16.6. The molecule has 0 spiro atoms. The lowest BCUT2D eigenvalue weighted by molar-refractivity contribution is -0.143. The Morgan fingerprint density at radius 3 is 1.19 bits per heavy atom. The summed E-state index contributed by atoms with van der Waals surface area (Å²) in [4.78, 5) is 229. The van der Waals surface area contributed by atoms with E-state index in [1.807, 2.05) is 0 Å². The molecule has 0 saturated heterocycles. The van der Waals surface area contributed by atoms with Crippen LogP contribution < -0.4 is 97.4 Å².